The van der Waals surface area contributed by atoms with Crippen LogP contribution in [0.2, 0.25) is 0 Å². The fourth-order valence-corrected chi connectivity index (χ4v) is 19.2. The van der Waals surface area contributed by atoms with Crippen molar-refractivity contribution in [2.75, 3.05) is 54.5 Å². The van der Waals surface area contributed by atoms with Crippen LogP contribution in [0.25, 0.3) is 0 Å². The molecule has 40 heteroatoms. The third-order valence-corrected chi connectivity index (χ3v) is 27.5. The number of benzene rings is 1. The van der Waals surface area contributed by atoms with Gasteiger partial charge in [-0.1, -0.05) is 102 Å². The highest BCUT2D eigenvalue weighted by molar-refractivity contribution is 14.1. The minimum atomic E-state index is -1.68. The Kier molecular flexibility index (Phi) is 42.5. The summed E-state index contributed by atoms with van der Waals surface area (Å²) in [4.78, 5) is 127. The quantitative estimate of drug-likeness (QED) is 0.00860. The molecule has 14 N–H and O–H groups in total. The van der Waals surface area contributed by atoms with Crippen LogP contribution in [0, 0.1) is 40.1 Å². The van der Waals surface area contributed by atoms with E-state index in [-0.39, 0.29) is 90.7 Å². The molecule has 4 aliphatic heterocycles. The molecular formula is C82H124IN9O27S3. The van der Waals surface area contributed by atoms with Crippen LogP contribution in [-0.4, -0.2) is 282 Å². The van der Waals surface area contributed by atoms with Gasteiger partial charge in [0.15, 0.2) is 36.2 Å². The molecule has 7 rings (SSSR count). The van der Waals surface area contributed by atoms with E-state index in [1.165, 1.54) is 95.3 Å². The van der Waals surface area contributed by atoms with Gasteiger partial charge in [-0.2, -0.15) is 5.48 Å². The molecule has 0 bridgehead atoms. The molecule has 4 heterocycles. The number of primary amides is 1. The smallest absolute Gasteiger partial charge is 0.407 e. The maximum absolute atomic E-state index is 14.6. The van der Waals surface area contributed by atoms with Crippen LogP contribution in [-0.2, 0) is 81.0 Å². The number of halogens is 1. The molecule has 2 saturated carbocycles. The van der Waals surface area contributed by atoms with Crippen molar-refractivity contribution >= 4 is 108 Å². The number of nitrogens with zero attached hydrogens (tertiary/aromatic N) is 1. The number of alkyl carbamates (subject to hydrolysis) is 1. The van der Waals surface area contributed by atoms with Crippen LogP contribution in [0.3, 0.4) is 0 Å². The number of amides is 7. The first-order chi connectivity index (χ1) is 58.0. The second kappa shape index (κ2) is 50.4. The molecule has 36 nitrogen and oxygen atoms in total. The first-order valence-corrected chi connectivity index (χ1v) is 45.4. The van der Waals surface area contributed by atoms with Crippen molar-refractivity contribution in [3.63, 3.8) is 0 Å². The molecule has 4 saturated heterocycles. The van der Waals surface area contributed by atoms with Crippen LogP contribution >= 0.6 is 55.9 Å². The highest BCUT2D eigenvalue weighted by atomic mass is 127. The van der Waals surface area contributed by atoms with Crippen LogP contribution < -0.4 is 57.5 Å². The molecule has 122 heavy (non-hydrogen) atoms. The molecule has 19 unspecified atom stereocenters. The molecule has 684 valence electrons. The molecule has 7 amide bonds. The first kappa shape index (κ1) is 103. The predicted molar refractivity (Wildman–Crippen MR) is 459 cm³/mol. The lowest BCUT2D eigenvalue weighted by molar-refractivity contribution is -0.340. The van der Waals surface area contributed by atoms with E-state index in [0.29, 0.717) is 15.7 Å². The van der Waals surface area contributed by atoms with E-state index in [1.54, 1.807) is 59.4 Å². The standard InChI is InChI=1S/C82H124IN9O27S3/c1-16-18-19-23-28-32-55(63-49(52(94)38-53(95)66(63)88-81(106)111-15)35-36-120-122-82(9,10)91-89-76(103)43(4)85-77(104)50(37-57(84)97)87-59(99)34-29-33-58(98)86-48-30-26-24-21-20-22-25-27-31-48)116-80-73(117-60-40-56(107-11)51(41-112-60)92(17-2)47(8)93)68(101)65(44(5)114-80)90-119-61-39-54(96)75(46(7)113-61)121-78(105)62-42(3)64(83)71(74(110-14)70(62)108-12)118-79-69(102)72(109-13)67(100)45(6)115-79/h19,23,35,43-46,48,50-52,54-56,60-61,63,65-69,72-73,75,79-80,90-91,94,96,100-102H,17,20-22,24-27,29-31,33-34,36-41H2,1-15H3,(H2,84,97)(H,85,104)(H,86,98)(H,87,99)(H,88,106)(H,89,103)/b23-19-,49-35-/t43-,44?,45?,46?,50-,51?,52-,54?,55-,56?,60?,61?,63?,65?,66?,67?,68?,69?,72?,73?,75?,79?,80?/m0/s1. The van der Waals surface area contributed by atoms with E-state index < -0.39 is 198 Å². The summed E-state index contributed by atoms with van der Waals surface area (Å²) in [5.74, 6) is 6.21. The summed E-state index contributed by atoms with van der Waals surface area (Å²) in [7, 11) is 9.06. The summed E-state index contributed by atoms with van der Waals surface area (Å²) < 4.78 is 73.4. The number of rotatable bonds is 36. The lowest BCUT2D eigenvalue weighted by atomic mass is 9.74. The summed E-state index contributed by atoms with van der Waals surface area (Å²) in [6.07, 6.45) is -7.98. The zero-order chi connectivity index (χ0) is 89.8. The van der Waals surface area contributed by atoms with Gasteiger partial charge in [-0.15, -0.1) is 5.92 Å². The van der Waals surface area contributed by atoms with E-state index in [0.717, 1.165) is 57.4 Å². The molecule has 6 fully saturated rings. The molecule has 1 aromatic rings. The average Bonchev–Trinajstić information content (AvgIpc) is 0.762. The topological polar surface area (TPSA) is 488 Å². The molecule has 0 spiro atoms. The predicted octanol–water partition coefficient (Wildman–Crippen LogP) is 3.95. The molecule has 0 radical (unpaired) electrons. The third kappa shape index (κ3) is 29.2. The number of hydrogen-bond acceptors (Lipinski definition) is 32. The number of hydroxylamine groups is 1. The fraction of sp³-hybridized carbons (Fsp3) is 0.720. The van der Waals surface area contributed by atoms with E-state index in [9.17, 15) is 68.7 Å². The van der Waals surface area contributed by atoms with Crippen molar-refractivity contribution in [3.05, 3.63) is 38.5 Å². The van der Waals surface area contributed by atoms with Crippen molar-refractivity contribution in [1.82, 2.24) is 42.5 Å². The second-order valence-electron chi connectivity index (χ2n) is 31.2. The molecule has 0 aromatic heterocycles. The number of aliphatic hydroxyl groups excluding tert-OH is 5. The van der Waals surface area contributed by atoms with Crippen molar-refractivity contribution < 1.29 is 130 Å². The number of carbonyl (C=O) groups excluding carboxylic acids is 9. The lowest BCUT2D eigenvalue weighted by Crippen LogP contribution is -2.65. The van der Waals surface area contributed by atoms with Gasteiger partial charge in [-0.3, -0.25) is 48.6 Å². The summed E-state index contributed by atoms with van der Waals surface area (Å²) in [6.45, 7) is 16.4. The van der Waals surface area contributed by atoms with Crippen molar-refractivity contribution in [2.45, 2.75) is 317 Å². The van der Waals surface area contributed by atoms with Gasteiger partial charge in [0.05, 0.1) is 102 Å². The number of nitrogens with one attached hydrogen (secondary N) is 7. The number of likely N-dealkylation sites (N-methyl/N-ethyl adjacent to an activating group) is 1. The minimum absolute atomic E-state index is 0.00409. The van der Waals surface area contributed by atoms with Gasteiger partial charge in [0.2, 0.25) is 46.7 Å². The average molecular weight is 1890 g/mol. The maximum atomic E-state index is 14.6. The number of Topliss-reactive ketones (excluding diaryl/α,β-unsaturated/α-hetero) is 1. The van der Waals surface area contributed by atoms with E-state index in [2.05, 4.69) is 61.3 Å². The summed E-state index contributed by atoms with van der Waals surface area (Å²) in [6, 6.07) is -5.84. The summed E-state index contributed by atoms with van der Waals surface area (Å²) in [5.41, 5.74) is 14.6. The Morgan fingerprint density at radius 3 is 2.07 bits per heavy atom. The Balaban J connectivity index is 1.07. The second-order valence-corrected chi connectivity index (χ2v) is 36.3. The van der Waals surface area contributed by atoms with Gasteiger partial charge in [-0.05, 0) is 127 Å². The molecule has 6 aliphatic rings. The minimum Gasteiger partial charge on any atom is -0.492 e. The first-order valence-electron chi connectivity index (χ1n) is 41.1. The number of methoxy groups -OCH3 is 5. The zero-order valence-corrected chi connectivity index (χ0v) is 76.5. The van der Waals surface area contributed by atoms with Crippen LogP contribution in [0.15, 0.2) is 23.8 Å². The van der Waals surface area contributed by atoms with Gasteiger partial charge in [-0.25, -0.2) is 10.2 Å². The number of nitrogens with two attached hydrogens (primary N) is 1. The summed E-state index contributed by atoms with van der Waals surface area (Å²) >= 11 is 2.76. The SMILES string of the molecule is CC#C/C=C\C#C[C@H](OC1OC(C)C(NOC2CC(O)C(SC(=O)c3c(C)c(I)c(OC4OC(C)C(O)C(OC)C4O)c(OC)c3OC)C(C)O2)C(O)C1OC1CC(OC)C(N(CC)C(C)=O)CO1)C1/C(=C\CSSC(C)(C)NNC(=O)[C@H](C)NC(=O)[C@H](CC(N)=O)NC(=O)CCCC(=O)NC2CCCCCCCCC2)[C@@H](O)CC(=O)C1NC(=O)OC. The number of carbonyl (C=O) groups is 9. The highest BCUT2D eigenvalue weighted by Gasteiger charge is 2.53. The maximum Gasteiger partial charge on any atom is 0.407 e. The van der Waals surface area contributed by atoms with E-state index in [4.69, 9.17) is 67.4 Å². The van der Waals surface area contributed by atoms with Crippen molar-refractivity contribution in [3.8, 4) is 40.9 Å². The van der Waals surface area contributed by atoms with Crippen LogP contribution in [0.1, 0.15) is 181 Å². The van der Waals surface area contributed by atoms with Crippen LogP contribution in [0.4, 0.5) is 4.79 Å². The monoisotopic (exact) mass is 1890 g/mol. The number of hydrogen-bond donors (Lipinski definition) is 13. The molecule has 2 aliphatic carbocycles. The Hall–Kier alpha value is -6.21. The number of ether oxygens (including phenoxy) is 12. The van der Waals surface area contributed by atoms with Gasteiger partial charge >= 0.3 is 6.09 Å². The number of thioether (sulfide) groups is 1. The fourth-order valence-electron chi connectivity index (χ4n) is 15.3. The van der Waals surface area contributed by atoms with Crippen molar-refractivity contribution in [1.29, 1.82) is 0 Å². The van der Waals surface area contributed by atoms with Crippen LogP contribution in [0.5, 0.6) is 17.2 Å². The van der Waals surface area contributed by atoms with Crippen molar-refractivity contribution in [2.24, 2.45) is 11.7 Å². The Bertz CT molecular complexity index is 3870. The molecular weight excluding hydrogens is 1770 g/mol. The Morgan fingerprint density at radius 1 is 0.779 bits per heavy atom. The number of aliphatic hydroxyl groups is 5. The van der Waals surface area contributed by atoms with E-state index >= 15 is 0 Å². The van der Waals surface area contributed by atoms with Gasteiger partial charge in [0, 0.05) is 77.5 Å². The number of ketones is 1. The highest BCUT2D eigenvalue weighted by Crippen LogP contribution is 2.49. The van der Waals surface area contributed by atoms with E-state index in [1.807, 2.05) is 29.5 Å². The zero-order valence-electron chi connectivity index (χ0n) is 71.9. The number of allylic oxidation sites excluding steroid dienone is 2. The molecule has 1 aromatic carbocycles. The number of hydrazine groups is 1. The Morgan fingerprint density at radius 2 is 1.44 bits per heavy atom. The van der Waals surface area contributed by atoms with Gasteiger partial charge in [0.25, 0.3) is 5.91 Å². The van der Waals surface area contributed by atoms with Gasteiger partial charge < -0.3 is 114 Å². The van der Waals surface area contributed by atoms with Gasteiger partial charge in [0.1, 0.15) is 54.7 Å². The normalized spacial score (nSPS) is 29.7. The molecule has 23 atom stereocenters. The lowest BCUT2D eigenvalue weighted by Gasteiger charge is -2.48. The largest absolute Gasteiger partial charge is 0.492 e. The Labute approximate surface area is 739 Å². The third-order valence-electron chi connectivity index (χ3n) is 21.8. The summed E-state index contributed by atoms with van der Waals surface area (Å²) in [5, 5.41) is 68.0.